The molecule has 88 valence electrons. The Bertz CT molecular complexity index is 342. The molecule has 0 fully saturated rings. The molecule has 2 N–H and O–H groups in total. The van der Waals surface area contributed by atoms with E-state index in [2.05, 4.69) is 0 Å². The zero-order valence-corrected chi connectivity index (χ0v) is 10.3. The molecule has 0 aliphatic carbocycles. The summed E-state index contributed by atoms with van der Waals surface area (Å²) in [5, 5.41) is 0. The van der Waals surface area contributed by atoms with E-state index in [4.69, 9.17) is 27.4 Å². The van der Waals surface area contributed by atoms with Crippen molar-refractivity contribution in [2.24, 2.45) is 5.73 Å². The number of rotatable bonds is 7. The quantitative estimate of drug-likeness (QED) is 0.585. The molecule has 1 rings (SSSR count). The Labute approximate surface area is 102 Å². The lowest BCUT2D eigenvalue weighted by molar-refractivity contribution is 0.184. The third-order valence-corrected chi connectivity index (χ3v) is 2.25. The van der Waals surface area contributed by atoms with Gasteiger partial charge in [-0.3, -0.25) is 0 Å². The van der Waals surface area contributed by atoms with Crippen LogP contribution in [0.2, 0.25) is 0 Å². The Hall–Kier alpha value is -1.13. The van der Waals surface area contributed by atoms with Crippen molar-refractivity contribution >= 4 is 17.2 Å². The summed E-state index contributed by atoms with van der Waals surface area (Å²) in [7, 11) is 1.68. The summed E-state index contributed by atoms with van der Waals surface area (Å²) in [6.45, 7) is 1.23. The Morgan fingerprint density at radius 2 is 2.25 bits per heavy atom. The van der Waals surface area contributed by atoms with Crippen LogP contribution < -0.4 is 10.5 Å². The molecule has 0 aromatic heterocycles. The highest BCUT2D eigenvalue weighted by molar-refractivity contribution is 7.80. The van der Waals surface area contributed by atoms with Crippen molar-refractivity contribution in [3.8, 4) is 5.75 Å². The van der Waals surface area contributed by atoms with Gasteiger partial charge in [-0.05, 0) is 24.1 Å². The van der Waals surface area contributed by atoms with E-state index < -0.39 is 0 Å². The number of ether oxygens (including phenoxy) is 2. The van der Waals surface area contributed by atoms with Crippen molar-refractivity contribution in [3.05, 3.63) is 29.8 Å². The van der Waals surface area contributed by atoms with Gasteiger partial charge in [-0.1, -0.05) is 24.4 Å². The van der Waals surface area contributed by atoms with Gasteiger partial charge < -0.3 is 15.2 Å². The summed E-state index contributed by atoms with van der Waals surface area (Å²) in [6, 6.07) is 7.87. The summed E-state index contributed by atoms with van der Waals surface area (Å²) >= 11 is 4.79. The summed E-state index contributed by atoms with van der Waals surface area (Å²) in [4.78, 5) is 0.539. The number of benzene rings is 1. The van der Waals surface area contributed by atoms with Gasteiger partial charge in [0.05, 0.1) is 18.2 Å². The molecule has 0 saturated heterocycles. The van der Waals surface area contributed by atoms with Gasteiger partial charge in [-0.2, -0.15) is 0 Å². The molecule has 0 heterocycles. The van der Waals surface area contributed by atoms with Crippen LogP contribution in [0.5, 0.6) is 5.75 Å². The second kappa shape index (κ2) is 7.19. The van der Waals surface area contributed by atoms with Crippen molar-refractivity contribution in [2.75, 3.05) is 13.7 Å². The lowest BCUT2D eigenvalue weighted by atomic mass is 10.2. The van der Waals surface area contributed by atoms with Gasteiger partial charge in [-0.15, -0.1) is 0 Å². The minimum Gasteiger partial charge on any atom is -0.494 e. The van der Waals surface area contributed by atoms with Gasteiger partial charge in [-0.25, -0.2) is 0 Å². The molecule has 0 atom stereocenters. The van der Waals surface area contributed by atoms with Gasteiger partial charge in [0.25, 0.3) is 0 Å². The largest absolute Gasteiger partial charge is 0.494 e. The third-order valence-electron chi connectivity index (χ3n) is 2.05. The van der Waals surface area contributed by atoms with E-state index in [9.17, 15) is 0 Å². The van der Waals surface area contributed by atoms with Gasteiger partial charge in [0.1, 0.15) is 5.75 Å². The Morgan fingerprint density at radius 3 is 2.94 bits per heavy atom. The number of methoxy groups -OCH3 is 1. The van der Waals surface area contributed by atoms with Crippen molar-refractivity contribution in [2.45, 2.75) is 19.4 Å². The van der Waals surface area contributed by atoms with Gasteiger partial charge >= 0.3 is 0 Å². The molecule has 0 aliphatic rings. The predicted octanol–water partition coefficient (Wildman–Crippen LogP) is 2.28. The van der Waals surface area contributed by atoms with E-state index in [0.717, 1.165) is 24.2 Å². The molecular formula is C12H17NO2S. The van der Waals surface area contributed by atoms with E-state index in [0.29, 0.717) is 18.2 Å². The van der Waals surface area contributed by atoms with E-state index in [-0.39, 0.29) is 0 Å². The van der Waals surface area contributed by atoms with Crippen LogP contribution in [0.4, 0.5) is 0 Å². The highest BCUT2D eigenvalue weighted by Gasteiger charge is 1.97. The van der Waals surface area contributed by atoms with Gasteiger partial charge in [0.2, 0.25) is 0 Å². The fourth-order valence-electron chi connectivity index (χ4n) is 1.33. The first-order chi connectivity index (χ1) is 7.72. The molecule has 0 amide bonds. The Kier molecular flexibility index (Phi) is 5.82. The van der Waals surface area contributed by atoms with Crippen LogP contribution in [0, 0.1) is 0 Å². The molecule has 4 heteroatoms. The highest BCUT2D eigenvalue weighted by atomic mass is 32.1. The number of nitrogens with two attached hydrogens (primary N) is 1. The maximum Gasteiger partial charge on any atom is 0.119 e. The first-order valence-electron chi connectivity index (χ1n) is 5.21. The van der Waals surface area contributed by atoms with Crippen LogP contribution >= 0.6 is 12.2 Å². The summed E-state index contributed by atoms with van der Waals surface area (Å²) in [6.07, 6.45) is 1.58. The SMILES string of the molecule is COCc1cccc(OCCCC(N)=S)c1. The molecule has 1 aromatic rings. The predicted molar refractivity (Wildman–Crippen MR) is 68.7 cm³/mol. The zero-order valence-electron chi connectivity index (χ0n) is 9.44. The maximum absolute atomic E-state index is 5.57. The average molecular weight is 239 g/mol. The van der Waals surface area contributed by atoms with Crippen LogP contribution in [0.1, 0.15) is 18.4 Å². The third kappa shape index (κ3) is 5.09. The molecule has 0 unspecified atom stereocenters. The van der Waals surface area contributed by atoms with Crippen molar-refractivity contribution < 1.29 is 9.47 Å². The molecule has 0 bridgehead atoms. The molecule has 3 nitrogen and oxygen atoms in total. The maximum atomic E-state index is 5.57. The first-order valence-corrected chi connectivity index (χ1v) is 5.62. The number of hydrogen-bond acceptors (Lipinski definition) is 3. The summed E-state index contributed by atoms with van der Waals surface area (Å²) < 4.78 is 10.6. The van der Waals surface area contributed by atoms with E-state index >= 15 is 0 Å². The van der Waals surface area contributed by atoms with E-state index in [1.165, 1.54) is 0 Å². The fraction of sp³-hybridized carbons (Fsp3) is 0.417. The summed E-state index contributed by atoms with van der Waals surface area (Å²) in [5.41, 5.74) is 6.50. The first kappa shape index (κ1) is 12.9. The van der Waals surface area contributed by atoms with Crippen LogP contribution in [0.3, 0.4) is 0 Å². The molecular weight excluding hydrogens is 222 g/mol. The number of hydrogen-bond donors (Lipinski definition) is 1. The van der Waals surface area contributed by atoms with Gasteiger partial charge in [0.15, 0.2) is 0 Å². The zero-order chi connectivity index (χ0) is 11.8. The standard InChI is InChI=1S/C12H17NO2S/c1-14-9-10-4-2-5-11(8-10)15-7-3-6-12(13)16/h2,4-5,8H,3,6-7,9H2,1H3,(H2,13,16). The second-order valence-corrected chi connectivity index (χ2v) is 4.02. The van der Waals surface area contributed by atoms with Crippen molar-refractivity contribution in [3.63, 3.8) is 0 Å². The fourth-order valence-corrected chi connectivity index (χ4v) is 1.47. The van der Waals surface area contributed by atoms with Crippen LogP contribution in [-0.2, 0) is 11.3 Å². The second-order valence-electron chi connectivity index (χ2n) is 3.50. The molecule has 16 heavy (non-hydrogen) atoms. The summed E-state index contributed by atoms with van der Waals surface area (Å²) in [5.74, 6) is 0.859. The smallest absolute Gasteiger partial charge is 0.119 e. The molecule has 0 spiro atoms. The number of thiocarbonyl (C=S) groups is 1. The van der Waals surface area contributed by atoms with Gasteiger partial charge in [0, 0.05) is 13.5 Å². The van der Waals surface area contributed by atoms with Crippen molar-refractivity contribution in [1.29, 1.82) is 0 Å². The lowest BCUT2D eigenvalue weighted by Crippen LogP contribution is -2.09. The Balaban J connectivity index is 2.35. The van der Waals surface area contributed by atoms with E-state index in [1.54, 1.807) is 7.11 Å². The van der Waals surface area contributed by atoms with Crippen LogP contribution in [-0.4, -0.2) is 18.7 Å². The molecule has 0 radical (unpaired) electrons. The monoisotopic (exact) mass is 239 g/mol. The minimum absolute atomic E-state index is 0.539. The molecule has 1 aromatic carbocycles. The topological polar surface area (TPSA) is 44.5 Å². The Morgan fingerprint density at radius 1 is 1.44 bits per heavy atom. The molecule has 0 saturated carbocycles. The minimum atomic E-state index is 0.539. The normalized spacial score (nSPS) is 10.1. The lowest BCUT2D eigenvalue weighted by Gasteiger charge is -2.07. The van der Waals surface area contributed by atoms with Crippen LogP contribution in [0.25, 0.3) is 0 Å². The average Bonchev–Trinajstić information content (AvgIpc) is 2.25. The van der Waals surface area contributed by atoms with E-state index in [1.807, 2.05) is 24.3 Å². The van der Waals surface area contributed by atoms with Crippen molar-refractivity contribution in [1.82, 2.24) is 0 Å². The van der Waals surface area contributed by atoms with Crippen LogP contribution in [0.15, 0.2) is 24.3 Å². The molecule has 0 aliphatic heterocycles. The highest BCUT2D eigenvalue weighted by Crippen LogP contribution is 2.14.